The lowest BCUT2D eigenvalue weighted by molar-refractivity contribution is 0.285. The zero-order chi connectivity index (χ0) is 14.5. The summed E-state index contributed by atoms with van der Waals surface area (Å²) in [5, 5.41) is 8.14. The summed E-state index contributed by atoms with van der Waals surface area (Å²) in [4.78, 5) is 0. The number of hydrogen-bond donors (Lipinski definition) is 1. The summed E-state index contributed by atoms with van der Waals surface area (Å²) in [6.07, 6.45) is 10.5. The van der Waals surface area contributed by atoms with E-state index in [1.807, 2.05) is 29.1 Å². The quantitative estimate of drug-likeness (QED) is 0.909. The van der Waals surface area contributed by atoms with Crippen molar-refractivity contribution >= 4 is 0 Å². The highest BCUT2D eigenvalue weighted by molar-refractivity contribution is 5.30. The fourth-order valence-corrected chi connectivity index (χ4v) is 3.24. The fourth-order valence-electron chi connectivity index (χ4n) is 3.24. The molecule has 0 bridgehead atoms. The number of nitrogens with one attached hydrogen (secondary N) is 1. The number of rotatable bonds is 5. The van der Waals surface area contributed by atoms with Gasteiger partial charge in [0.1, 0.15) is 0 Å². The molecule has 0 spiro atoms. The molecule has 1 aromatic carbocycles. The van der Waals surface area contributed by atoms with Gasteiger partial charge in [0.2, 0.25) is 0 Å². The molecule has 0 saturated carbocycles. The van der Waals surface area contributed by atoms with Crippen LogP contribution in [0.5, 0.6) is 0 Å². The molecule has 1 saturated heterocycles. The van der Waals surface area contributed by atoms with Crippen LogP contribution in [-0.4, -0.2) is 22.4 Å². The lowest BCUT2D eigenvalue weighted by Crippen LogP contribution is -2.38. The number of para-hydroxylation sites is 1. The first kappa shape index (κ1) is 14.3. The van der Waals surface area contributed by atoms with Gasteiger partial charge in [-0.2, -0.15) is 5.10 Å². The van der Waals surface area contributed by atoms with Crippen molar-refractivity contribution in [1.29, 1.82) is 0 Å². The van der Waals surface area contributed by atoms with Crippen LogP contribution in [0.25, 0.3) is 5.69 Å². The highest BCUT2D eigenvalue weighted by Crippen LogP contribution is 2.22. The van der Waals surface area contributed by atoms with E-state index in [0.29, 0.717) is 6.04 Å². The molecule has 1 aliphatic heterocycles. The monoisotopic (exact) mass is 283 g/mol. The van der Waals surface area contributed by atoms with E-state index in [4.69, 9.17) is 0 Å². The normalized spacial score (nSPS) is 22.3. The molecule has 1 aliphatic rings. The van der Waals surface area contributed by atoms with Crippen LogP contribution in [0.15, 0.2) is 42.7 Å². The SMILES string of the molecule is CCC1CCNC(CCc2cnn(-c3ccccc3)c2)C1. The number of piperidine rings is 1. The highest BCUT2D eigenvalue weighted by Gasteiger charge is 2.19. The largest absolute Gasteiger partial charge is 0.314 e. The molecule has 112 valence electrons. The van der Waals surface area contributed by atoms with Crippen molar-refractivity contribution < 1.29 is 0 Å². The van der Waals surface area contributed by atoms with Crippen molar-refractivity contribution in [2.24, 2.45) is 5.92 Å². The lowest BCUT2D eigenvalue weighted by atomic mass is 9.88. The van der Waals surface area contributed by atoms with E-state index in [-0.39, 0.29) is 0 Å². The van der Waals surface area contributed by atoms with E-state index in [2.05, 4.69) is 35.7 Å². The maximum atomic E-state index is 4.48. The molecule has 2 heterocycles. The zero-order valence-corrected chi connectivity index (χ0v) is 12.8. The Morgan fingerprint density at radius 3 is 2.95 bits per heavy atom. The molecule has 0 aliphatic carbocycles. The van der Waals surface area contributed by atoms with Gasteiger partial charge < -0.3 is 5.32 Å². The number of benzene rings is 1. The van der Waals surface area contributed by atoms with Gasteiger partial charge in [0.25, 0.3) is 0 Å². The molecule has 1 N–H and O–H groups in total. The summed E-state index contributed by atoms with van der Waals surface area (Å²) >= 11 is 0. The maximum absolute atomic E-state index is 4.48. The minimum Gasteiger partial charge on any atom is -0.314 e. The molecule has 1 aromatic heterocycles. The van der Waals surface area contributed by atoms with Gasteiger partial charge in [-0.05, 0) is 55.8 Å². The van der Waals surface area contributed by atoms with Gasteiger partial charge in [0, 0.05) is 12.2 Å². The Labute approximate surface area is 127 Å². The van der Waals surface area contributed by atoms with Gasteiger partial charge in [-0.15, -0.1) is 0 Å². The van der Waals surface area contributed by atoms with Crippen LogP contribution in [0.1, 0.15) is 38.2 Å². The highest BCUT2D eigenvalue weighted by atomic mass is 15.3. The van der Waals surface area contributed by atoms with Crippen molar-refractivity contribution in [3.8, 4) is 5.69 Å². The van der Waals surface area contributed by atoms with Crippen LogP contribution >= 0.6 is 0 Å². The van der Waals surface area contributed by atoms with Crippen molar-refractivity contribution in [3.63, 3.8) is 0 Å². The van der Waals surface area contributed by atoms with E-state index in [1.165, 1.54) is 37.8 Å². The third-order valence-corrected chi connectivity index (χ3v) is 4.62. The summed E-state index contributed by atoms with van der Waals surface area (Å²) in [6.45, 7) is 3.50. The Morgan fingerprint density at radius 2 is 2.14 bits per heavy atom. The van der Waals surface area contributed by atoms with E-state index in [0.717, 1.165) is 18.0 Å². The van der Waals surface area contributed by atoms with Gasteiger partial charge in [0.15, 0.2) is 0 Å². The molecule has 1 fully saturated rings. The number of nitrogens with zero attached hydrogens (tertiary/aromatic N) is 2. The minimum atomic E-state index is 0.684. The topological polar surface area (TPSA) is 29.9 Å². The molecule has 0 amide bonds. The summed E-state index contributed by atoms with van der Waals surface area (Å²) in [6, 6.07) is 11.0. The van der Waals surface area contributed by atoms with E-state index in [9.17, 15) is 0 Å². The van der Waals surface area contributed by atoms with E-state index in [1.54, 1.807) is 0 Å². The standard InChI is InChI=1S/C18H25N3/c1-2-15-10-11-19-17(12-15)9-8-16-13-20-21(14-16)18-6-4-3-5-7-18/h3-7,13-15,17,19H,2,8-12H2,1H3. The third kappa shape index (κ3) is 3.73. The van der Waals surface area contributed by atoms with Gasteiger partial charge in [-0.25, -0.2) is 4.68 Å². The second kappa shape index (κ2) is 6.90. The molecule has 0 radical (unpaired) electrons. The first-order valence-electron chi connectivity index (χ1n) is 8.17. The number of aryl methyl sites for hydroxylation is 1. The summed E-state index contributed by atoms with van der Waals surface area (Å²) in [7, 11) is 0. The molecule has 2 aromatic rings. The number of aromatic nitrogens is 2. The Balaban J connectivity index is 1.55. The summed E-state index contributed by atoms with van der Waals surface area (Å²) < 4.78 is 1.97. The van der Waals surface area contributed by atoms with Crippen molar-refractivity contribution in [2.75, 3.05) is 6.54 Å². The van der Waals surface area contributed by atoms with Gasteiger partial charge in [-0.1, -0.05) is 31.5 Å². The van der Waals surface area contributed by atoms with Crippen LogP contribution in [0.2, 0.25) is 0 Å². The molecule has 3 nitrogen and oxygen atoms in total. The molecular formula is C18H25N3. The fraction of sp³-hybridized carbons (Fsp3) is 0.500. The first-order valence-corrected chi connectivity index (χ1v) is 8.17. The van der Waals surface area contributed by atoms with Gasteiger partial charge in [0.05, 0.1) is 11.9 Å². The lowest BCUT2D eigenvalue weighted by Gasteiger charge is -2.29. The van der Waals surface area contributed by atoms with Gasteiger partial charge >= 0.3 is 0 Å². The number of hydrogen-bond acceptors (Lipinski definition) is 2. The van der Waals surface area contributed by atoms with Crippen LogP contribution in [0.3, 0.4) is 0 Å². The smallest absolute Gasteiger partial charge is 0.0645 e. The summed E-state index contributed by atoms with van der Waals surface area (Å²) in [5.41, 5.74) is 2.46. The Hall–Kier alpha value is -1.61. The molecule has 2 atom stereocenters. The third-order valence-electron chi connectivity index (χ3n) is 4.62. The molecule has 3 rings (SSSR count). The van der Waals surface area contributed by atoms with Crippen molar-refractivity contribution in [3.05, 3.63) is 48.3 Å². The minimum absolute atomic E-state index is 0.684. The Morgan fingerprint density at radius 1 is 1.29 bits per heavy atom. The Kier molecular flexibility index (Phi) is 4.71. The second-order valence-corrected chi connectivity index (χ2v) is 6.12. The first-order chi connectivity index (χ1) is 10.3. The van der Waals surface area contributed by atoms with E-state index < -0.39 is 0 Å². The average molecular weight is 283 g/mol. The zero-order valence-electron chi connectivity index (χ0n) is 12.8. The van der Waals surface area contributed by atoms with Crippen molar-refractivity contribution in [1.82, 2.24) is 15.1 Å². The Bertz CT molecular complexity index is 547. The van der Waals surface area contributed by atoms with Crippen LogP contribution in [0.4, 0.5) is 0 Å². The molecule has 21 heavy (non-hydrogen) atoms. The van der Waals surface area contributed by atoms with Crippen molar-refractivity contribution in [2.45, 2.75) is 45.1 Å². The predicted molar refractivity (Wildman–Crippen MR) is 86.7 cm³/mol. The second-order valence-electron chi connectivity index (χ2n) is 6.12. The molecule has 3 heteroatoms. The van der Waals surface area contributed by atoms with Crippen LogP contribution in [-0.2, 0) is 6.42 Å². The van der Waals surface area contributed by atoms with E-state index >= 15 is 0 Å². The molecule has 2 unspecified atom stereocenters. The van der Waals surface area contributed by atoms with Crippen LogP contribution in [0, 0.1) is 5.92 Å². The molecular weight excluding hydrogens is 258 g/mol. The van der Waals surface area contributed by atoms with Crippen LogP contribution < -0.4 is 5.32 Å². The maximum Gasteiger partial charge on any atom is 0.0645 e. The predicted octanol–water partition coefficient (Wildman–Crippen LogP) is 3.58. The average Bonchev–Trinajstić information content (AvgIpc) is 3.03. The summed E-state index contributed by atoms with van der Waals surface area (Å²) in [5.74, 6) is 0.920. The van der Waals surface area contributed by atoms with Gasteiger partial charge in [-0.3, -0.25) is 0 Å².